The molecule has 11 heteroatoms. The number of likely N-dealkylation sites (tertiary alicyclic amines) is 1. The third-order valence-corrected chi connectivity index (χ3v) is 8.57. The number of benzene rings is 1. The zero-order chi connectivity index (χ0) is 25.3. The molecule has 4 atom stereocenters. The number of ether oxygens (including phenoxy) is 1. The molecule has 0 unspecified atom stereocenters. The molecule has 1 aromatic carbocycles. The van der Waals surface area contributed by atoms with Crippen molar-refractivity contribution in [1.29, 1.82) is 0 Å². The minimum Gasteiger partial charge on any atom is -0.504 e. The average Bonchev–Trinajstić information content (AvgIpc) is 3.08. The maximum absolute atomic E-state index is 13.2. The lowest BCUT2D eigenvalue weighted by Crippen LogP contribution is -2.42. The Morgan fingerprint density at radius 3 is 2.57 bits per heavy atom. The number of primary amides is 1. The van der Waals surface area contributed by atoms with Crippen LogP contribution in [0.3, 0.4) is 0 Å². The van der Waals surface area contributed by atoms with Crippen LogP contribution in [0.4, 0.5) is 4.79 Å². The van der Waals surface area contributed by atoms with Crippen molar-refractivity contribution in [3.63, 3.8) is 0 Å². The van der Waals surface area contributed by atoms with E-state index in [-0.39, 0.29) is 46.0 Å². The summed E-state index contributed by atoms with van der Waals surface area (Å²) in [4.78, 5) is 64.7. The van der Waals surface area contributed by atoms with Gasteiger partial charge in [-0.25, -0.2) is 4.79 Å². The number of hydrogen-bond acceptors (Lipinski definition) is 7. The van der Waals surface area contributed by atoms with E-state index >= 15 is 0 Å². The molecule has 1 aliphatic heterocycles. The van der Waals surface area contributed by atoms with E-state index in [0.29, 0.717) is 25.2 Å². The molecule has 9 nitrogen and oxygen atoms in total. The molecule has 1 aromatic rings. The van der Waals surface area contributed by atoms with Crippen LogP contribution in [0.15, 0.2) is 45.5 Å². The maximum Gasteiger partial charge on any atom is 0.328 e. The van der Waals surface area contributed by atoms with Crippen molar-refractivity contribution in [3.8, 4) is 11.5 Å². The number of halogens is 2. The minimum atomic E-state index is -1.13. The van der Waals surface area contributed by atoms with Gasteiger partial charge in [0.1, 0.15) is 0 Å². The fraction of sp³-hybridized carbons (Fsp3) is 0.292. The van der Waals surface area contributed by atoms with Crippen molar-refractivity contribution >= 4 is 67.9 Å². The van der Waals surface area contributed by atoms with Gasteiger partial charge in [0.05, 0.1) is 27.0 Å². The summed E-state index contributed by atoms with van der Waals surface area (Å²) in [7, 11) is 1.41. The highest BCUT2D eigenvalue weighted by atomic mass is 127. The van der Waals surface area contributed by atoms with Crippen molar-refractivity contribution < 1.29 is 33.8 Å². The van der Waals surface area contributed by atoms with Crippen LogP contribution in [0, 0.1) is 21.3 Å². The third-order valence-electron chi connectivity index (χ3n) is 7.16. The number of nitrogens with two attached hydrogens (primary N) is 1. The number of ketones is 2. The topological polar surface area (TPSA) is 144 Å². The summed E-state index contributed by atoms with van der Waals surface area (Å²) in [6.07, 6.45) is 3.33. The number of carbonyl (C=O) groups excluding carboxylic acids is 5. The van der Waals surface area contributed by atoms with Crippen molar-refractivity contribution in [2.75, 3.05) is 7.11 Å². The van der Waals surface area contributed by atoms with Crippen LogP contribution >= 0.6 is 38.5 Å². The van der Waals surface area contributed by atoms with Crippen molar-refractivity contribution in [1.82, 2.24) is 4.90 Å². The minimum absolute atomic E-state index is 0.0570. The summed E-state index contributed by atoms with van der Waals surface area (Å²) < 4.78 is 5.91. The van der Waals surface area contributed by atoms with Crippen LogP contribution in [0.2, 0.25) is 0 Å². The van der Waals surface area contributed by atoms with E-state index < -0.39 is 41.5 Å². The summed E-state index contributed by atoms with van der Waals surface area (Å²) >= 11 is 5.12. The molecular formula is C24H18BrIN2O7. The fourth-order valence-electron chi connectivity index (χ4n) is 5.72. The first kappa shape index (κ1) is 23.9. The average molecular weight is 653 g/mol. The second-order valence-corrected chi connectivity index (χ2v) is 10.8. The van der Waals surface area contributed by atoms with Gasteiger partial charge in [-0.15, -0.1) is 0 Å². The molecule has 1 heterocycles. The van der Waals surface area contributed by atoms with E-state index in [1.165, 1.54) is 13.2 Å². The number of carbonyl (C=O) groups is 5. The van der Waals surface area contributed by atoms with Gasteiger partial charge in [0.15, 0.2) is 23.1 Å². The number of methoxy groups -OCH3 is 1. The number of allylic oxidation sites excluding steroid dienone is 6. The highest BCUT2D eigenvalue weighted by molar-refractivity contribution is 14.1. The summed E-state index contributed by atoms with van der Waals surface area (Å²) in [5.41, 5.74) is 7.19. The van der Waals surface area contributed by atoms with Gasteiger partial charge in [-0.1, -0.05) is 11.6 Å². The van der Waals surface area contributed by atoms with Gasteiger partial charge in [-0.2, -0.15) is 4.90 Å². The van der Waals surface area contributed by atoms with Crippen LogP contribution in [0.1, 0.15) is 24.3 Å². The molecule has 1 fully saturated rings. The first-order valence-corrected chi connectivity index (χ1v) is 12.6. The Morgan fingerprint density at radius 1 is 1.20 bits per heavy atom. The van der Waals surface area contributed by atoms with Gasteiger partial charge in [0.25, 0.3) is 0 Å². The summed E-state index contributed by atoms with van der Waals surface area (Å²) in [5.74, 6) is -4.84. The molecule has 3 N–H and O–H groups in total. The van der Waals surface area contributed by atoms with Crippen LogP contribution in [-0.4, -0.2) is 46.5 Å². The van der Waals surface area contributed by atoms with E-state index in [1.807, 2.05) is 28.7 Å². The highest BCUT2D eigenvalue weighted by Crippen LogP contribution is 2.56. The molecular weight excluding hydrogens is 635 g/mol. The lowest BCUT2D eigenvalue weighted by atomic mass is 9.59. The normalized spacial score (nSPS) is 27.8. The van der Waals surface area contributed by atoms with Crippen LogP contribution in [-0.2, 0) is 19.2 Å². The molecule has 0 radical (unpaired) electrons. The quantitative estimate of drug-likeness (QED) is 0.216. The lowest BCUT2D eigenvalue weighted by molar-refractivity contribution is -0.136. The van der Waals surface area contributed by atoms with Gasteiger partial charge >= 0.3 is 6.03 Å². The van der Waals surface area contributed by atoms with Gasteiger partial charge in [0.2, 0.25) is 11.8 Å². The summed E-state index contributed by atoms with van der Waals surface area (Å²) in [6, 6.07) is 2.17. The van der Waals surface area contributed by atoms with E-state index in [2.05, 4.69) is 15.9 Å². The number of Topliss-reactive ketones (excluding diaryl/α,β-unsaturated/α-hetero) is 1. The Kier molecular flexibility index (Phi) is 5.74. The molecule has 4 aliphatic rings. The molecule has 0 bridgehead atoms. The summed E-state index contributed by atoms with van der Waals surface area (Å²) in [5, 5.41) is 10.4. The van der Waals surface area contributed by atoms with E-state index in [0.717, 1.165) is 0 Å². The molecule has 0 saturated carbocycles. The van der Waals surface area contributed by atoms with Gasteiger partial charge in [0, 0.05) is 23.1 Å². The number of amides is 4. The molecule has 1 saturated heterocycles. The van der Waals surface area contributed by atoms with E-state index in [9.17, 15) is 29.1 Å². The number of imide groups is 3. The van der Waals surface area contributed by atoms with Gasteiger partial charge in [-0.3, -0.25) is 19.2 Å². The number of aromatic hydroxyl groups is 1. The second-order valence-electron chi connectivity index (χ2n) is 8.80. The zero-order valence-electron chi connectivity index (χ0n) is 18.2. The van der Waals surface area contributed by atoms with Crippen LogP contribution in [0.25, 0.3) is 0 Å². The SMILES string of the molecule is COc1cc([C@H]2C3=CC[C@@H]4C(=O)N(C(N)=O)C(=O)[C@@H]4[C@@H]3CC3=C2C(=O)C=C(Br)C3=O)cc(I)c1O. The van der Waals surface area contributed by atoms with Crippen molar-refractivity contribution in [2.45, 2.75) is 18.8 Å². The maximum atomic E-state index is 13.2. The van der Waals surface area contributed by atoms with Gasteiger partial charge in [-0.05, 0) is 75.0 Å². The fourth-order valence-corrected chi connectivity index (χ4v) is 6.79. The molecule has 3 aliphatic carbocycles. The van der Waals surface area contributed by atoms with Crippen LogP contribution < -0.4 is 10.5 Å². The largest absolute Gasteiger partial charge is 0.504 e. The zero-order valence-corrected chi connectivity index (χ0v) is 22.0. The monoisotopic (exact) mass is 652 g/mol. The molecule has 180 valence electrons. The number of phenolic OH excluding ortho intramolecular Hbond substituents is 1. The first-order valence-electron chi connectivity index (χ1n) is 10.7. The molecule has 4 amide bonds. The number of hydrogen-bond donors (Lipinski definition) is 2. The Labute approximate surface area is 221 Å². The van der Waals surface area contributed by atoms with Crippen molar-refractivity contribution in [2.24, 2.45) is 23.5 Å². The Balaban J connectivity index is 1.73. The lowest BCUT2D eigenvalue weighted by Gasteiger charge is -2.42. The predicted molar refractivity (Wildman–Crippen MR) is 133 cm³/mol. The standard InChI is InChI=1S/C24H18BrIN2O7/c1-35-16-5-8(4-14(26)21(16)31)17-9-2-3-10-18(23(33)28(22(10)32)24(27)34)11(9)6-12-19(17)15(29)7-13(25)20(12)30/h2,4-5,7,10-11,17-18,31H,3,6H2,1H3,(H2,27,34)/t10-,11+,17-,18-/m0/s1. The van der Waals surface area contributed by atoms with Gasteiger partial charge < -0.3 is 15.6 Å². The Hall–Kier alpha value is -2.80. The molecule has 0 aromatic heterocycles. The number of rotatable bonds is 2. The molecule has 0 spiro atoms. The number of urea groups is 1. The van der Waals surface area contributed by atoms with E-state index in [1.54, 1.807) is 12.1 Å². The first-order chi connectivity index (χ1) is 16.6. The van der Waals surface area contributed by atoms with Crippen molar-refractivity contribution in [3.05, 3.63) is 54.6 Å². The second kappa shape index (κ2) is 8.40. The predicted octanol–water partition coefficient (Wildman–Crippen LogP) is 2.85. The Morgan fingerprint density at radius 2 is 1.91 bits per heavy atom. The number of phenols is 1. The smallest absolute Gasteiger partial charge is 0.328 e. The van der Waals surface area contributed by atoms with E-state index in [4.69, 9.17) is 10.5 Å². The number of nitrogens with zero attached hydrogens (tertiary/aromatic N) is 1. The highest BCUT2D eigenvalue weighted by Gasteiger charge is 2.57. The summed E-state index contributed by atoms with van der Waals surface area (Å²) in [6.45, 7) is 0. The number of fused-ring (bicyclic) bond motifs is 3. The van der Waals surface area contributed by atoms with Crippen LogP contribution in [0.5, 0.6) is 11.5 Å². The third kappa shape index (κ3) is 3.42. The molecule has 35 heavy (non-hydrogen) atoms. The molecule has 5 rings (SSSR count). The Bertz CT molecular complexity index is 1360.